The van der Waals surface area contributed by atoms with Crippen molar-refractivity contribution in [3.63, 3.8) is 0 Å². The van der Waals surface area contributed by atoms with Crippen LogP contribution in [0.25, 0.3) is 6.08 Å². The van der Waals surface area contributed by atoms with Crippen molar-refractivity contribution in [1.29, 1.82) is 0 Å². The van der Waals surface area contributed by atoms with Gasteiger partial charge in [-0.1, -0.05) is 30.4 Å². The summed E-state index contributed by atoms with van der Waals surface area (Å²) in [5.41, 5.74) is 1.15. The Labute approximate surface area is 65.4 Å². The Bertz CT molecular complexity index is 265. The molecule has 0 aliphatic heterocycles. The lowest BCUT2D eigenvalue weighted by Crippen LogP contribution is -1.74. The van der Waals surface area contributed by atoms with Gasteiger partial charge in [0.25, 0.3) is 0 Å². The molecule has 0 aliphatic rings. The van der Waals surface area contributed by atoms with Gasteiger partial charge in [-0.15, -0.1) is 0 Å². The average molecular weight is 151 g/mol. The fraction of sp³-hybridized carbons (Fsp3) is 0.125. The molecule has 1 N–H and O–H groups in total. The zero-order valence-electron chi connectivity index (χ0n) is 5.79. The lowest BCUT2D eigenvalue weighted by Gasteiger charge is -1.89. The van der Waals surface area contributed by atoms with Gasteiger partial charge in [-0.2, -0.15) is 0 Å². The minimum Gasteiger partial charge on any atom is -0.352 e. The number of hydrogen-bond donors (Lipinski definition) is 1. The van der Waals surface area contributed by atoms with Crippen LogP contribution in [0.5, 0.6) is 0 Å². The van der Waals surface area contributed by atoms with E-state index in [4.69, 9.17) is 12.2 Å². The van der Waals surface area contributed by atoms with Crippen LogP contribution < -0.4 is 0 Å². The molecule has 0 unspecified atom stereocenters. The lowest BCUT2D eigenvalue weighted by atomic mass is 10.3. The lowest BCUT2D eigenvalue weighted by molar-refractivity contribution is 1.29. The van der Waals surface area contributed by atoms with Gasteiger partial charge in [-0.05, 0) is 18.6 Å². The maximum atomic E-state index is 4.88. The number of hydrogen-bond acceptors (Lipinski definition) is 1. The summed E-state index contributed by atoms with van der Waals surface area (Å²) in [6.07, 6.45) is 5.90. The standard InChI is InChI=1S/C8H9NS/c1-2-3-7-4-5-8(10)9-6-7/h2-6H,1H3,(H,9,10)/b3-2+. The minimum absolute atomic E-state index is 0.772. The first-order valence-corrected chi connectivity index (χ1v) is 3.55. The molecule has 1 heterocycles. The molecule has 0 saturated carbocycles. The van der Waals surface area contributed by atoms with E-state index in [1.807, 2.05) is 37.4 Å². The Hall–Kier alpha value is -0.890. The van der Waals surface area contributed by atoms with Gasteiger partial charge in [0.1, 0.15) is 4.64 Å². The Balaban J connectivity index is 3.00. The summed E-state index contributed by atoms with van der Waals surface area (Å²) in [6.45, 7) is 1.99. The Kier molecular flexibility index (Phi) is 2.40. The second-order valence-corrected chi connectivity index (χ2v) is 2.43. The number of allylic oxidation sites excluding steroid dienone is 1. The molecule has 1 rings (SSSR count). The normalized spacial score (nSPS) is 10.5. The molecule has 0 aromatic carbocycles. The topological polar surface area (TPSA) is 15.8 Å². The predicted octanol–water partition coefficient (Wildman–Crippen LogP) is 2.78. The Morgan fingerprint density at radius 1 is 1.50 bits per heavy atom. The van der Waals surface area contributed by atoms with Crippen LogP contribution in [0.4, 0.5) is 0 Å². The number of rotatable bonds is 1. The predicted molar refractivity (Wildman–Crippen MR) is 46.3 cm³/mol. The van der Waals surface area contributed by atoms with Crippen molar-refractivity contribution in [3.05, 3.63) is 34.6 Å². The van der Waals surface area contributed by atoms with Crippen molar-refractivity contribution in [2.45, 2.75) is 6.92 Å². The summed E-state index contributed by atoms with van der Waals surface area (Å²) in [5.74, 6) is 0. The van der Waals surface area contributed by atoms with E-state index < -0.39 is 0 Å². The summed E-state index contributed by atoms with van der Waals surface area (Å²) in [7, 11) is 0. The van der Waals surface area contributed by atoms with E-state index in [9.17, 15) is 0 Å². The van der Waals surface area contributed by atoms with E-state index in [1.54, 1.807) is 0 Å². The molecule has 2 heteroatoms. The van der Waals surface area contributed by atoms with Crippen molar-refractivity contribution >= 4 is 18.3 Å². The largest absolute Gasteiger partial charge is 0.352 e. The van der Waals surface area contributed by atoms with E-state index in [1.165, 1.54) is 0 Å². The van der Waals surface area contributed by atoms with Gasteiger partial charge in [-0.25, -0.2) is 0 Å². The van der Waals surface area contributed by atoms with E-state index in [0.29, 0.717) is 0 Å². The molecule has 0 saturated heterocycles. The second-order valence-electron chi connectivity index (χ2n) is 1.99. The summed E-state index contributed by atoms with van der Waals surface area (Å²) < 4.78 is 0.772. The zero-order valence-corrected chi connectivity index (χ0v) is 6.61. The third-order valence-electron chi connectivity index (χ3n) is 1.17. The monoisotopic (exact) mass is 151 g/mol. The van der Waals surface area contributed by atoms with Crippen LogP contribution in [-0.4, -0.2) is 4.98 Å². The molecule has 0 fully saturated rings. The third-order valence-corrected chi connectivity index (χ3v) is 1.42. The third kappa shape index (κ3) is 1.81. The highest BCUT2D eigenvalue weighted by atomic mass is 32.1. The summed E-state index contributed by atoms with van der Waals surface area (Å²) in [4.78, 5) is 2.95. The zero-order chi connectivity index (χ0) is 7.40. The van der Waals surface area contributed by atoms with Gasteiger partial charge in [0.15, 0.2) is 0 Å². The Morgan fingerprint density at radius 2 is 2.30 bits per heavy atom. The quantitative estimate of drug-likeness (QED) is 0.610. The van der Waals surface area contributed by atoms with Gasteiger partial charge < -0.3 is 4.98 Å². The fourth-order valence-electron chi connectivity index (χ4n) is 0.719. The molecular formula is C8H9NS. The molecule has 1 aromatic heterocycles. The van der Waals surface area contributed by atoms with Crippen molar-refractivity contribution in [3.8, 4) is 0 Å². The van der Waals surface area contributed by atoms with Crippen molar-refractivity contribution < 1.29 is 0 Å². The highest BCUT2D eigenvalue weighted by Crippen LogP contribution is 1.98. The van der Waals surface area contributed by atoms with E-state index in [-0.39, 0.29) is 0 Å². The van der Waals surface area contributed by atoms with Gasteiger partial charge >= 0.3 is 0 Å². The maximum Gasteiger partial charge on any atom is 0.103 e. The van der Waals surface area contributed by atoms with Gasteiger partial charge in [0, 0.05) is 6.20 Å². The van der Waals surface area contributed by atoms with E-state index in [2.05, 4.69) is 4.98 Å². The summed E-state index contributed by atoms with van der Waals surface area (Å²) in [6, 6.07) is 3.86. The van der Waals surface area contributed by atoms with Gasteiger partial charge in [0.05, 0.1) is 0 Å². The number of aromatic amines is 1. The molecule has 1 aromatic rings. The molecule has 0 radical (unpaired) electrons. The van der Waals surface area contributed by atoms with E-state index in [0.717, 1.165) is 10.2 Å². The number of pyridine rings is 1. The van der Waals surface area contributed by atoms with Gasteiger partial charge in [0.2, 0.25) is 0 Å². The van der Waals surface area contributed by atoms with Crippen molar-refractivity contribution in [2.24, 2.45) is 0 Å². The fourth-order valence-corrected chi connectivity index (χ4v) is 0.846. The highest BCUT2D eigenvalue weighted by Gasteiger charge is 1.80. The van der Waals surface area contributed by atoms with Crippen LogP contribution in [0.15, 0.2) is 24.4 Å². The first kappa shape index (κ1) is 7.22. The minimum atomic E-state index is 0.772. The molecule has 52 valence electrons. The smallest absolute Gasteiger partial charge is 0.103 e. The Morgan fingerprint density at radius 3 is 2.80 bits per heavy atom. The van der Waals surface area contributed by atoms with Crippen LogP contribution in [0.2, 0.25) is 0 Å². The van der Waals surface area contributed by atoms with Crippen LogP contribution in [0.3, 0.4) is 0 Å². The first-order valence-electron chi connectivity index (χ1n) is 3.14. The highest BCUT2D eigenvalue weighted by molar-refractivity contribution is 7.71. The summed E-state index contributed by atoms with van der Waals surface area (Å²) >= 11 is 4.88. The first-order chi connectivity index (χ1) is 4.83. The van der Waals surface area contributed by atoms with E-state index >= 15 is 0 Å². The molecule has 0 atom stereocenters. The number of H-pyrrole nitrogens is 1. The van der Waals surface area contributed by atoms with Crippen molar-refractivity contribution in [2.75, 3.05) is 0 Å². The molecule has 1 nitrogen and oxygen atoms in total. The van der Waals surface area contributed by atoms with Crippen LogP contribution in [-0.2, 0) is 0 Å². The number of nitrogens with one attached hydrogen (secondary N) is 1. The molecule has 0 spiro atoms. The van der Waals surface area contributed by atoms with Crippen molar-refractivity contribution in [1.82, 2.24) is 4.98 Å². The summed E-state index contributed by atoms with van der Waals surface area (Å²) in [5, 5.41) is 0. The van der Waals surface area contributed by atoms with Crippen LogP contribution in [0, 0.1) is 4.64 Å². The van der Waals surface area contributed by atoms with Crippen LogP contribution >= 0.6 is 12.2 Å². The number of aromatic nitrogens is 1. The average Bonchev–Trinajstić information content (AvgIpc) is 1.95. The maximum absolute atomic E-state index is 4.88. The molecular weight excluding hydrogens is 142 g/mol. The van der Waals surface area contributed by atoms with Gasteiger partial charge in [-0.3, -0.25) is 0 Å². The second kappa shape index (κ2) is 3.32. The molecule has 10 heavy (non-hydrogen) atoms. The SMILES string of the molecule is C/C=C/c1ccc(=S)[nH]c1. The molecule has 0 bridgehead atoms. The van der Waals surface area contributed by atoms with Crippen LogP contribution in [0.1, 0.15) is 12.5 Å². The molecule has 0 aliphatic carbocycles. The molecule has 0 amide bonds.